The van der Waals surface area contributed by atoms with Gasteiger partial charge in [-0.15, -0.1) is 0 Å². The van der Waals surface area contributed by atoms with Gasteiger partial charge >= 0.3 is 0 Å². The second-order valence-corrected chi connectivity index (χ2v) is 10.6. The van der Waals surface area contributed by atoms with Crippen LogP contribution in [0.5, 0.6) is 5.75 Å². The van der Waals surface area contributed by atoms with Gasteiger partial charge in [-0.05, 0) is 84.7 Å². The van der Waals surface area contributed by atoms with Gasteiger partial charge in [0.05, 0.1) is 0 Å². The van der Waals surface area contributed by atoms with Crippen LogP contribution in [-0.4, -0.2) is 11.4 Å². The third-order valence-electron chi connectivity index (χ3n) is 7.56. The Hall–Kier alpha value is -1.02. The lowest BCUT2D eigenvalue weighted by atomic mass is 9.47. The van der Waals surface area contributed by atoms with Crippen LogP contribution in [0.15, 0.2) is 12.1 Å². The van der Waals surface area contributed by atoms with E-state index >= 15 is 0 Å². The molecule has 0 aromatic heterocycles. The summed E-state index contributed by atoms with van der Waals surface area (Å²) in [7, 11) is 0. The number of aryl methyl sites for hydroxylation is 1. The molecule has 0 radical (unpaired) electrons. The number of hydrogen-bond donors (Lipinski definition) is 1. The quantitative estimate of drug-likeness (QED) is 0.771. The van der Waals surface area contributed by atoms with Crippen molar-refractivity contribution in [3.8, 4) is 5.75 Å². The smallest absolute Gasteiger partial charge is 0.197 e. The molecule has 1 aromatic rings. The van der Waals surface area contributed by atoms with Gasteiger partial charge in [-0.25, -0.2) is 0 Å². The third kappa shape index (κ3) is 2.55. The van der Waals surface area contributed by atoms with E-state index in [1.807, 2.05) is 0 Å². The van der Waals surface area contributed by atoms with Gasteiger partial charge in [0.1, 0.15) is 5.75 Å². The van der Waals surface area contributed by atoms with Crippen LogP contribution in [0.2, 0.25) is 0 Å². The van der Waals surface area contributed by atoms with E-state index in [2.05, 4.69) is 32.9 Å². The third-order valence-corrected chi connectivity index (χ3v) is 7.56. The molecule has 6 rings (SSSR count). The number of fused-ring (bicyclic) bond motifs is 1. The fourth-order valence-electron chi connectivity index (χ4n) is 6.76. The Morgan fingerprint density at radius 2 is 1.60 bits per heavy atom. The second kappa shape index (κ2) is 5.25. The van der Waals surface area contributed by atoms with Crippen molar-refractivity contribution in [3.05, 3.63) is 28.8 Å². The van der Waals surface area contributed by atoms with Gasteiger partial charge in [0.15, 0.2) is 6.29 Å². The number of hydrogen-bond acceptors (Lipinski definition) is 2. The predicted molar refractivity (Wildman–Crippen MR) is 99.9 cm³/mol. The maximum atomic E-state index is 10.2. The van der Waals surface area contributed by atoms with Gasteiger partial charge in [0, 0.05) is 12.0 Å². The summed E-state index contributed by atoms with van der Waals surface area (Å²) in [6, 6.07) is 4.81. The van der Waals surface area contributed by atoms with Crippen molar-refractivity contribution in [1.29, 1.82) is 0 Å². The van der Waals surface area contributed by atoms with Crippen LogP contribution in [0.1, 0.15) is 82.4 Å². The zero-order valence-electron chi connectivity index (χ0n) is 16.0. The van der Waals surface area contributed by atoms with Crippen molar-refractivity contribution in [3.63, 3.8) is 0 Å². The standard InChI is InChI=1S/C23H32O2/c1-22(2,3)18-9-17-4-5-20(24)25-21(17)19(10-18)23-11-14-6-15(12-23)8-16(7-14)13-23/h9-10,14-16,20,24H,4-8,11-13H2,1-3H3. The average Bonchev–Trinajstić information content (AvgIpc) is 2.51. The summed E-state index contributed by atoms with van der Waals surface area (Å²) >= 11 is 0. The molecule has 4 saturated carbocycles. The molecular weight excluding hydrogens is 308 g/mol. The van der Waals surface area contributed by atoms with Crippen LogP contribution in [0.3, 0.4) is 0 Å². The molecule has 1 aliphatic heterocycles. The van der Waals surface area contributed by atoms with Gasteiger partial charge in [-0.3, -0.25) is 0 Å². The zero-order valence-corrected chi connectivity index (χ0v) is 16.0. The Labute approximate surface area is 152 Å². The van der Waals surface area contributed by atoms with Crippen LogP contribution in [0.4, 0.5) is 0 Å². The molecule has 1 heterocycles. The number of rotatable bonds is 1. The topological polar surface area (TPSA) is 29.5 Å². The number of aliphatic hydroxyl groups is 1. The Morgan fingerprint density at radius 3 is 2.16 bits per heavy atom. The van der Waals surface area contributed by atoms with Crippen molar-refractivity contribution in [2.45, 2.75) is 89.3 Å². The van der Waals surface area contributed by atoms with Gasteiger partial charge < -0.3 is 9.84 Å². The summed E-state index contributed by atoms with van der Waals surface area (Å²) in [5.74, 6) is 3.82. The van der Waals surface area contributed by atoms with E-state index in [0.717, 1.165) is 36.3 Å². The molecule has 4 bridgehead atoms. The first-order valence-corrected chi connectivity index (χ1v) is 10.3. The van der Waals surface area contributed by atoms with Gasteiger partial charge in [-0.2, -0.15) is 0 Å². The molecule has 5 aliphatic rings. The first-order chi connectivity index (χ1) is 11.8. The highest BCUT2D eigenvalue weighted by atomic mass is 16.6. The van der Waals surface area contributed by atoms with Gasteiger partial charge in [0.2, 0.25) is 0 Å². The Kier molecular flexibility index (Phi) is 3.40. The second-order valence-electron chi connectivity index (χ2n) is 10.6. The van der Waals surface area contributed by atoms with Gasteiger partial charge in [0.25, 0.3) is 0 Å². The minimum atomic E-state index is -0.624. The summed E-state index contributed by atoms with van der Waals surface area (Å²) in [5, 5.41) is 10.2. The van der Waals surface area contributed by atoms with E-state index in [0.29, 0.717) is 5.41 Å². The van der Waals surface area contributed by atoms with Gasteiger partial charge in [-0.1, -0.05) is 32.9 Å². The lowest BCUT2D eigenvalue weighted by Crippen LogP contribution is -2.49. The summed E-state index contributed by atoms with van der Waals surface area (Å²) in [6.45, 7) is 6.95. The SMILES string of the molecule is CC(C)(C)c1cc2c(c(C34CC5CC(CC(C5)C3)C4)c1)OC(O)CC2. The first kappa shape index (κ1) is 16.2. The lowest BCUT2D eigenvalue weighted by Gasteiger charge is -2.57. The molecule has 0 spiro atoms. The number of benzene rings is 1. The first-order valence-electron chi connectivity index (χ1n) is 10.3. The highest BCUT2D eigenvalue weighted by molar-refractivity contribution is 5.52. The maximum Gasteiger partial charge on any atom is 0.197 e. The molecule has 1 N–H and O–H groups in total. The van der Waals surface area contributed by atoms with Crippen molar-refractivity contribution >= 4 is 0 Å². The molecule has 1 atom stereocenters. The van der Waals surface area contributed by atoms with Crippen LogP contribution < -0.4 is 4.74 Å². The Balaban J connectivity index is 1.67. The van der Waals surface area contributed by atoms with E-state index in [9.17, 15) is 5.11 Å². The molecule has 4 fully saturated rings. The predicted octanol–water partition coefficient (Wildman–Crippen LogP) is 5.10. The molecule has 2 heteroatoms. The van der Waals surface area contributed by atoms with Crippen molar-refractivity contribution in [2.75, 3.05) is 0 Å². The fraction of sp³-hybridized carbons (Fsp3) is 0.739. The molecule has 2 nitrogen and oxygen atoms in total. The summed E-state index contributed by atoms with van der Waals surface area (Å²) in [6.07, 6.45) is 9.47. The van der Waals surface area contributed by atoms with E-state index < -0.39 is 6.29 Å². The van der Waals surface area contributed by atoms with Crippen molar-refractivity contribution in [1.82, 2.24) is 0 Å². The lowest BCUT2D eigenvalue weighted by molar-refractivity contribution is -0.0392. The Bertz CT molecular complexity index is 661. The summed E-state index contributed by atoms with van der Waals surface area (Å²) < 4.78 is 6.08. The molecule has 25 heavy (non-hydrogen) atoms. The number of aliphatic hydroxyl groups excluding tert-OH is 1. The number of ether oxygens (including phenoxy) is 1. The zero-order chi connectivity index (χ0) is 17.4. The normalized spacial score (nSPS) is 39.2. The molecule has 0 saturated heterocycles. The maximum absolute atomic E-state index is 10.2. The van der Waals surface area contributed by atoms with Crippen molar-refractivity contribution < 1.29 is 9.84 Å². The summed E-state index contributed by atoms with van der Waals surface area (Å²) in [4.78, 5) is 0. The molecular formula is C23H32O2. The highest BCUT2D eigenvalue weighted by Gasteiger charge is 2.53. The molecule has 1 aromatic carbocycles. The van der Waals surface area contributed by atoms with E-state index in [4.69, 9.17) is 4.74 Å². The van der Waals surface area contributed by atoms with E-state index in [1.54, 1.807) is 0 Å². The molecule has 136 valence electrons. The highest BCUT2D eigenvalue weighted by Crippen LogP contribution is 2.62. The van der Waals surface area contributed by atoms with Crippen LogP contribution >= 0.6 is 0 Å². The van der Waals surface area contributed by atoms with Crippen LogP contribution in [0.25, 0.3) is 0 Å². The average molecular weight is 341 g/mol. The van der Waals surface area contributed by atoms with Crippen LogP contribution in [-0.2, 0) is 17.3 Å². The van der Waals surface area contributed by atoms with E-state index in [1.165, 1.54) is 55.2 Å². The minimum Gasteiger partial charge on any atom is -0.465 e. The molecule has 0 amide bonds. The van der Waals surface area contributed by atoms with Crippen LogP contribution in [0, 0.1) is 17.8 Å². The van der Waals surface area contributed by atoms with Crippen molar-refractivity contribution in [2.24, 2.45) is 17.8 Å². The minimum absolute atomic E-state index is 0.155. The Morgan fingerprint density at radius 1 is 1.00 bits per heavy atom. The summed E-state index contributed by atoms with van der Waals surface area (Å²) in [5.41, 5.74) is 4.70. The molecule has 1 unspecified atom stereocenters. The fourth-order valence-corrected chi connectivity index (χ4v) is 6.76. The largest absolute Gasteiger partial charge is 0.465 e. The monoisotopic (exact) mass is 340 g/mol. The van der Waals surface area contributed by atoms with E-state index in [-0.39, 0.29) is 5.41 Å². The molecule has 4 aliphatic carbocycles.